The van der Waals surface area contributed by atoms with E-state index in [-0.39, 0.29) is 11.6 Å². The number of fused-ring (bicyclic) bond motifs is 2. The number of rotatable bonds is 0. The Balaban J connectivity index is 0.000000240. The Kier molecular flexibility index (Phi) is 4.78. The summed E-state index contributed by atoms with van der Waals surface area (Å²) in [5.74, 6) is -0.0662. The van der Waals surface area contributed by atoms with Gasteiger partial charge in [0.15, 0.2) is 0 Å². The first kappa shape index (κ1) is 16.9. The number of benzene rings is 3. The number of hydrogen-bond donors (Lipinski definition) is 0. The minimum Gasteiger partial charge on any atom is -0.288 e. The van der Waals surface area contributed by atoms with Crippen LogP contribution in [0.2, 0.25) is 0 Å². The molecule has 0 saturated heterocycles. The fourth-order valence-corrected chi connectivity index (χ4v) is 5.03. The van der Waals surface area contributed by atoms with Crippen molar-refractivity contribution in [3.63, 3.8) is 0 Å². The van der Waals surface area contributed by atoms with Gasteiger partial charge in [0, 0.05) is 20.9 Å². The average Bonchev–Trinajstić information content (AvgIpc) is 3.21. The molecule has 2 aliphatic rings. The molecule has 2 aliphatic heterocycles. The van der Waals surface area contributed by atoms with Crippen molar-refractivity contribution in [1.82, 2.24) is 0 Å². The summed E-state index contributed by atoms with van der Waals surface area (Å²) in [6, 6.07) is 27.0. The van der Waals surface area contributed by atoms with Crippen molar-refractivity contribution < 1.29 is 9.59 Å². The third-order valence-electron chi connectivity index (χ3n) is 3.97. The van der Waals surface area contributed by atoms with E-state index in [1.165, 1.54) is 23.5 Å². The van der Waals surface area contributed by atoms with Crippen LogP contribution in [0.3, 0.4) is 0 Å². The Hall–Kier alpha value is -2.56. The molecule has 126 valence electrons. The molecule has 0 unspecified atom stereocenters. The highest BCUT2D eigenvalue weighted by Crippen LogP contribution is 2.49. The maximum atomic E-state index is 12.4. The van der Waals surface area contributed by atoms with Gasteiger partial charge in [-0.2, -0.15) is 0 Å². The van der Waals surface area contributed by atoms with E-state index in [1.807, 2.05) is 84.9 Å². The van der Waals surface area contributed by atoms with Gasteiger partial charge in [-0.05, 0) is 24.3 Å². The van der Waals surface area contributed by atoms with E-state index in [4.69, 9.17) is 0 Å². The van der Waals surface area contributed by atoms with Crippen molar-refractivity contribution in [2.75, 3.05) is 0 Å². The third-order valence-corrected chi connectivity index (χ3v) is 6.44. The first-order valence-electron chi connectivity index (χ1n) is 8.13. The van der Waals surface area contributed by atoms with Crippen LogP contribution in [0.15, 0.2) is 105 Å². The van der Waals surface area contributed by atoms with E-state index in [2.05, 4.69) is 0 Å². The molecule has 4 heteroatoms. The maximum absolute atomic E-state index is 12.4. The fraction of sp³-hybridized carbons (Fsp3) is 0. The van der Waals surface area contributed by atoms with Crippen molar-refractivity contribution >= 4 is 35.1 Å². The van der Waals surface area contributed by atoms with E-state index in [9.17, 15) is 9.59 Å². The monoisotopic (exact) mass is 374 g/mol. The highest BCUT2D eigenvalue weighted by Gasteiger charge is 2.35. The smallest absolute Gasteiger partial charge is 0.202 e. The molecule has 0 aliphatic carbocycles. The van der Waals surface area contributed by atoms with E-state index >= 15 is 0 Å². The lowest BCUT2D eigenvalue weighted by atomic mass is 10.1. The molecule has 0 bridgehead atoms. The van der Waals surface area contributed by atoms with E-state index in [0.717, 1.165) is 9.79 Å². The van der Waals surface area contributed by atoms with Crippen LogP contribution in [0, 0.1) is 0 Å². The summed E-state index contributed by atoms with van der Waals surface area (Å²) >= 11 is 2.81. The summed E-state index contributed by atoms with van der Waals surface area (Å²) < 4.78 is 0. The second-order valence-corrected chi connectivity index (χ2v) is 7.77. The van der Waals surface area contributed by atoms with Gasteiger partial charge < -0.3 is 0 Å². The van der Waals surface area contributed by atoms with Gasteiger partial charge in [-0.15, -0.1) is 0 Å². The molecule has 0 N–H and O–H groups in total. The number of ketones is 2. The number of Topliss-reactive ketones (excluding diaryl/α,β-unsaturated/α-hetero) is 2. The topological polar surface area (TPSA) is 34.1 Å². The van der Waals surface area contributed by atoms with Gasteiger partial charge >= 0.3 is 0 Å². The Labute approximate surface area is 160 Å². The molecule has 0 saturated carbocycles. The molecule has 3 aromatic rings. The second-order valence-electron chi connectivity index (χ2n) is 5.67. The molecule has 0 spiro atoms. The van der Waals surface area contributed by atoms with Crippen molar-refractivity contribution in [3.8, 4) is 0 Å². The number of hydrogen-bond acceptors (Lipinski definition) is 4. The zero-order chi connectivity index (χ0) is 17.9. The molecular formula is C22H14O2S2. The Bertz CT molecular complexity index is 929. The molecule has 3 aromatic carbocycles. The lowest BCUT2D eigenvalue weighted by Gasteiger charge is -1.98. The fourth-order valence-electron chi connectivity index (χ4n) is 2.73. The van der Waals surface area contributed by atoms with Crippen molar-refractivity contribution in [2.24, 2.45) is 0 Å². The lowest BCUT2D eigenvalue weighted by Crippen LogP contribution is -2.01. The summed E-state index contributed by atoms with van der Waals surface area (Å²) in [6.07, 6.45) is 0. The van der Waals surface area contributed by atoms with Crippen LogP contribution < -0.4 is 0 Å². The largest absolute Gasteiger partial charge is 0.288 e. The van der Waals surface area contributed by atoms with Gasteiger partial charge in [0.25, 0.3) is 0 Å². The van der Waals surface area contributed by atoms with E-state index in [0.29, 0.717) is 20.9 Å². The minimum atomic E-state index is -0.0331. The van der Waals surface area contributed by atoms with Gasteiger partial charge in [-0.1, -0.05) is 84.2 Å². The average molecular weight is 374 g/mol. The quantitative estimate of drug-likeness (QED) is 0.461. The predicted octanol–water partition coefficient (Wildman–Crippen LogP) is 5.86. The molecule has 0 radical (unpaired) electrons. The van der Waals surface area contributed by atoms with E-state index in [1.54, 1.807) is 0 Å². The van der Waals surface area contributed by atoms with Crippen LogP contribution >= 0.6 is 23.5 Å². The lowest BCUT2D eigenvalue weighted by molar-refractivity contribution is 0.101. The Morgan fingerprint density at radius 1 is 0.462 bits per heavy atom. The zero-order valence-electron chi connectivity index (χ0n) is 13.7. The SMILES string of the molecule is O=C1/C(=C2/Sc3ccccc3C2=O)Sc2ccccc21.c1ccccc1. The summed E-state index contributed by atoms with van der Waals surface area (Å²) in [4.78, 5) is 27.9. The van der Waals surface area contributed by atoms with Crippen molar-refractivity contribution in [3.05, 3.63) is 106 Å². The number of carbonyl (C=O) groups excluding carboxylic acids is 2. The number of allylic oxidation sites excluding steroid dienone is 2. The molecule has 0 fully saturated rings. The third kappa shape index (κ3) is 3.14. The number of carbonyl (C=O) groups is 2. The zero-order valence-corrected chi connectivity index (χ0v) is 15.3. The van der Waals surface area contributed by atoms with Gasteiger partial charge in [0.05, 0.1) is 9.81 Å². The molecule has 0 aromatic heterocycles. The van der Waals surface area contributed by atoms with E-state index < -0.39 is 0 Å². The predicted molar refractivity (Wildman–Crippen MR) is 107 cm³/mol. The van der Waals surface area contributed by atoms with Gasteiger partial charge in [0.1, 0.15) is 0 Å². The minimum absolute atomic E-state index is 0.0331. The second kappa shape index (κ2) is 7.36. The molecule has 0 atom stereocenters. The Morgan fingerprint density at radius 3 is 1.15 bits per heavy atom. The summed E-state index contributed by atoms with van der Waals surface area (Å²) in [5, 5.41) is 0. The summed E-state index contributed by atoms with van der Waals surface area (Å²) in [5.41, 5.74) is 1.40. The van der Waals surface area contributed by atoms with Crippen LogP contribution in [0.25, 0.3) is 0 Å². The molecular weight excluding hydrogens is 360 g/mol. The normalized spacial score (nSPS) is 17.4. The molecule has 2 heterocycles. The molecule has 26 heavy (non-hydrogen) atoms. The first-order valence-corrected chi connectivity index (χ1v) is 9.76. The first-order chi connectivity index (χ1) is 12.8. The van der Waals surface area contributed by atoms with Crippen LogP contribution in [0.5, 0.6) is 0 Å². The van der Waals surface area contributed by atoms with Crippen LogP contribution in [-0.4, -0.2) is 11.6 Å². The van der Waals surface area contributed by atoms with Crippen molar-refractivity contribution in [2.45, 2.75) is 9.79 Å². The molecule has 5 rings (SSSR count). The maximum Gasteiger partial charge on any atom is 0.202 e. The number of thioether (sulfide) groups is 2. The van der Waals surface area contributed by atoms with Gasteiger partial charge in [0.2, 0.25) is 11.6 Å². The Morgan fingerprint density at radius 2 is 0.808 bits per heavy atom. The van der Waals surface area contributed by atoms with Gasteiger partial charge in [-0.3, -0.25) is 9.59 Å². The van der Waals surface area contributed by atoms with Crippen molar-refractivity contribution in [1.29, 1.82) is 0 Å². The standard InChI is InChI=1S/C16H8O2S2.C6H6/c17-13-9-5-1-3-7-11(9)19-15(13)16-14(18)10-6-2-4-8-12(10)20-16;1-2-4-6-5-3-1/h1-8H;1-6H/b16-15-;. The summed E-state index contributed by atoms with van der Waals surface area (Å²) in [6.45, 7) is 0. The highest BCUT2D eigenvalue weighted by molar-refractivity contribution is 8.08. The summed E-state index contributed by atoms with van der Waals surface area (Å²) in [7, 11) is 0. The van der Waals surface area contributed by atoms with Crippen LogP contribution in [0.4, 0.5) is 0 Å². The van der Waals surface area contributed by atoms with Gasteiger partial charge in [-0.25, -0.2) is 0 Å². The molecule has 0 amide bonds. The molecule has 2 nitrogen and oxygen atoms in total. The van der Waals surface area contributed by atoms with Crippen LogP contribution in [-0.2, 0) is 0 Å². The van der Waals surface area contributed by atoms with Crippen LogP contribution in [0.1, 0.15) is 20.7 Å². The highest BCUT2D eigenvalue weighted by atomic mass is 32.2.